The summed E-state index contributed by atoms with van der Waals surface area (Å²) in [6.07, 6.45) is 4.51. The molecule has 1 aromatic heterocycles. The van der Waals surface area contributed by atoms with Gasteiger partial charge in [0.25, 0.3) is 0 Å². The van der Waals surface area contributed by atoms with Crippen LogP contribution in [0.3, 0.4) is 0 Å². The third-order valence-corrected chi connectivity index (χ3v) is 4.16. The molecule has 2 rings (SSSR count). The molecule has 1 saturated carbocycles. The number of aromatic nitrogens is 1. The summed E-state index contributed by atoms with van der Waals surface area (Å²) in [6.45, 7) is 3.93. The van der Waals surface area contributed by atoms with Crippen molar-refractivity contribution in [3.8, 4) is 0 Å². The summed E-state index contributed by atoms with van der Waals surface area (Å²) in [5, 5.41) is 5.84. The van der Waals surface area contributed by atoms with Crippen LogP contribution in [0.25, 0.3) is 0 Å². The van der Waals surface area contributed by atoms with Crippen molar-refractivity contribution in [2.75, 3.05) is 0 Å². The van der Waals surface area contributed by atoms with E-state index >= 15 is 0 Å². The van der Waals surface area contributed by atoms with Gasteiger partial charge in [0, 0.05) is 24.0 Å². The van der Waals surface area contributed by atoms with Crippen molar-refractivity contribution >= 4 is 17.2 Å². The van der Waals surface area contributed by atoms with Crippen LogP contribution in [0.1, 0.15) is 38.1 Å². The van der Waals surface area contributed by atoms with Crippen molar-refractivity contribution in [3.05, 3.63) is 16.6 Å². The second-order valence-electron chi connectivity index (χ2n) is 5.22. The van der Waals surface area contributed by atoms with Crippen molar-refractivity contribution in [1.82, 2.24) is 10.3 Å². The van der Waals surface area contributed by atoms with E-state index in [1.165, 1.54) is 12.8 Å². The highest BCUT2D eigenvalue weighted by atomic mass is 32.1. The minimum atomic E-state index is -0.408. The van der Waals surface area contributed by atoms with Crippen LogP contribution in [-0.4, -0.2) is 16.9 Å². The second kappa shape index (κ2) is 4.74. The lowest BCUT2D eigenvalue weighted by Crippen LogP contribution is -2.43. The Hall–Kier alpha value is -0.940. The summed E-state index contributed by atoms with van der Waals surface area (Å²) < 4.78 is 0. The number of nitrogens with zero attached hydrogens (tertiary/aromatic N) is 1. The summed E-state index contributed by atoms with van der Waals surface area (Å²) in [6, 6.07) is 0.0158. The zero-order valence-corrected chi connectivity index (χ0v) is 11.1. The fourth-order valence-corrected chi connectivity index (χ4v) is 2.61. The quantitative estimate of drug-likeness (QED) is 0.838. The Bertz CT molecular complexity index is 384. The van der Waals surface area contributed by atoms with Gasteiger partial charge in [-0.1, -0.05) is 0 Å². The van der Waals surface area contributed by atoms with E-state index in [2.05, 4.69) is 10.3 Å². The molecule has 0 aromatic carbocycles. The van der Waals surface area contributed by atoms with Crippen molar-refractivity contribution in [1.29, 1.82) is 0 Å². The van der Waals surface area contributed by atoms with Gasteiger partial charge < -0.3 is 11.1 Å². The standard InChI is InChI=1S/C12H19N3OS/c1-12(2,11-14-5-6-17-11)15-10(16)7-9(13)8-3-4-8/h5-6,8-9H,3-4,7,13H2,1-2H3,(H,15,16). The molecule has 1 aliphatic carbocycles. The predicted octanol–water partition coefficient (Wildman–Crippen LogP) is 1.62. The van der Waals surface area contributed by atoms with E-state index in [4.69, 9.17) is 5.73 Å². The lowest BCUT2D eigenvalue weighted by molar-refractivity contribution is -0.123. The molecule has 1 aliphatic rings. The first-order chi connectivity index (χ1) is 7.99. The molecule has 4 nitrogen and oxygen atoms in total. The highest BCUT2D eigenvalue weighted by Gasteiger charge is 2.32. The Morgan fingerprint density at radius 3 is 2.94 bits per heavy atom. The highest BCUT2D eigenvalue weighted by molar-refractivity contribution is 7.09. The molecule has 0 saturated heterocycles. The zero-order valence-electron chi connectivity index (χ0n) is 10.3. The van der Waals surface area contributed by atoms with Crippen LogP contribution in [-0.2, 0) is 10.3 Å². The summed E-state index contributed by atoms with van der Waals surface area (Å²) in [4.78, 5) is 16.1. The zero-order chi connectivity index (χ0) is 12.5. The van der Waals surface area contributed by atoms with E-state index in [1.54, 1.807) is 17.5 Å². The minimum absolute atomic E-state index is 0.0158. The first-order valence-corrected chi connectivity index (χ1v) is 6.83. The van der Waals surface area contributed by atoms with Gasteiger partial charge >= 0.3 is 0 Å². The van der Waals surface area contributed by atoms with Gasteiger partial charge in [0.2, 0.25) is 5.91 Å². The van der Waals surface area contributed by atoms with Crippen LogP contribution >= 0.6 is 11.3 Å². The molecule has 5 heteroatoms. The Labute approximate surface area is 106 Å². The summed E-state index contributed by atoms with van der Waals surface area (Å²) in [5.41, 5.74) is 5.54. The summed E-state index contributed by atoms with van der Waals surface area (Å²) >= 11 is 1.55. The van der Waals surface area contributed by atoms with Gasteiger partial charge in [-0.2, -0.15) is 0 Å². The van der Waals surface area contributed by atoms with Crippen molar-refractivity contribution in [2.45, 2.75) is 44.7 Å². The van der Waals surface area contributed by atoms with E-state index in [-0.39, 0.29) is 11.9 Å². The molecule has 0 radical (unpaired) electrons. The van der Waals surface area contributed by atoms with Gasteiger partial charge in [-0.3, -0.25) is 4.79 Å². The first-order valence-electron chi connectivity index (χ1n) is 5.95. The maximum Gasteiger partial charge on any atom is 0.222 e. The van der Waals surface area contributed by atoms with Crippen LogP contribution in [0.4, 0.5) is 0 Å². The number of carbonyl (C=O) groups is 1. The normalized spacial score (nSPS) is 17.8. The minimum Gasteiger partial charge on any atom is -0.345 e. The molecule has 1 heterocycles. The van der Waals surface area contributed by atoms with Gasteiger partial charge in [-0.05, 0) is 32.6 Å². The van der Waals surface area contributed by atoms with E-state index in [0.717, 1.165) is 5.01 Å². The van der Waals surface area contributed by atoms with Crippen molar-refractivity contribution < 1.29 is 4.79 Å². The highest BCUT2D eigenvalue weighted by Crippen LogP contribution is 2.33. The van der Waals surface area contributed by atoms with E-state index < -0.39 is 5.54 Å². The maximum absolute atomic E-state index is 11.9. The number of hydrogen-bond acceptors (Lipinski definition) is 4. The lowest BCUT2D eigenvalue weighted by Gasteiger charge is -2.24. The molecule has 1 aromatic rings. The van der Waals surface area contributed by atoms with Gasteiger partial charge in [0.15, 0.2) is 0 Å². The van der Waals surface area contributed by atoms with Crippen LogP contribution in [0, 0.1) is 5.92 Å². The molecule has 0 bridgehead atoms. The number of carbonyl (C=O) groups excluding carboxylic acids is 1. The molecule has 3 N–H and O–H groups in total. The molecule has 1 atom stereocenters. The van der Waals surface area contributed by atoms with Crippen LogP contribution in [0.15, 0.2) is 11.6 Å². The number of hydrogen-bond donors (Lipinski definition) is 2. The number of rotatable bonds is 5. The smallest absolute Gasteiger partial charge is 0.222 e. The maximum atomic E-state index is 11.9. The fourth-order valence-electron chi connectivity index (χ4n) is 1.89. The van der Waals surface area contributed by atoms with Gasteiger partial charge in [-0.25, -0.2) is 4.98 Å². The van der Waals surface area contributed by atoms with Crippen LogP contribution < -0.4 is 11.1 Å². The molecule has 17 heavy (non-hydrogen) atoms. The fraction of sp³-hybridized carbons (Fsp3) is 0.667. The Kier molecular flexibility index (Phi) is 3.49. The second-order valence-corrected chi connectivity index (χ2v) is 6.11. The molecule has 1 amide bonds. The number of nitrogens with two attached hydrogens (primary N) is 1. The Balaban J connectivity index is 1.88. The summed E-state index contributed by atoms with van der Waals surface area (Å²) in [5.74, 6) is 0.577. The van der Waals surface area contributed by atoms with Crippen LogP contribution in [0.2, 0.25) is 0 Å². The molecule has 1 fully saturated rings. The lowest BCUT2D eigenvalue weighted by atomic mass is 10.0. The molecule has 94 valence electrons. The first kappa shape index (κ1) is 12.5. The number of nitrogens with one attached hydrogen (secondary N) is 1. The largest absolute Gasteiger partial charge is 0.345 e. The topological polar surface area (TPSA) is 68.0 Å². The van der Waals surface area contributed by atoms with Gasteiger partial charge in [0.1, 0.15) is 5.01 Å². The molecule has 0 aliphatic heterocycles. The summed E-state index contributed by atoms with van der Waals surface area (Å²) in [7, 11) is 0. The SMILES string of the molecule is CC(C)(NC(=O)CC(N)C1CC1)c1nccs1. The van der Waals surface area contributed by atoms with Crippen molar-refractivity contribution in [3.63, 3.8) is 0 Å². The third-order valence-electron chi connectivity index (χ3n) is 3.07. The molecule has 1 unspecified atom stereocenters. The van der Waals surface area contributed by atoms with E-state index in [1.807, 2.05) is 19.2 Å². The predicted molar refractivity (Wildman–Crippen MR) is 68.6 cm³/mol. The van der Waals surface area contributed by atoms with E-state index in [9.17, 15) is 4.79 Å². The average Bonchev–Trinajstić information content (AvgIpc) is 2.92. The Morgan fingerprint density at radius 2 is 2.41 bits per heavy atom. The van der Waals surface area contributed by atoms with E-state index in [0.29, 0.717) is 12.3 Å². The van der Waals surface area contributed by atoms with Crippen LogP contribution in [0.5, 0.6) is 0 Å². The monoisotopic (exact) mass is 253 g/mol. The number of amides is 1. The Morgan fingerprint density at radius 1 is 1.71 bits per heavy atom. The van der Waals surface area contributed by atoms with Crippen molar-refractivity contribution in [2.24, 2.45) is 11.7 Å². The molecular weight excluding hydrogens is 234 g/mol. The van der Waals surface area contributed by atoms with Gasteiger partial charge in [0.05, 0.1) is 5.54 Å². The number of thiazole rings is 1. The van der Waals surface area contributed by atoms with Gasteiger partial charge in [-0.15, -0.1) is 11.3 Å². The molecular formula is C12H19N3OS. The average molecular weight is 253 g/mol. The molecule has 0 spiro atoms. The third kappa shape index (κ3) is 3.26.